The maximum atomic E-state index is 12.3. The molecule has 0 spiro atoms. The number of hydrogen-bond donors (Lipinski definition) is 1. The number of aromatic nitrogens is 1. The van der Waals surface area contributed by atoms with Crippen molar-refractivity contribution in [2.45, 2.75) is 19.4 Å². The van der Waals surface area contributed by atoms with Crippen LogP contribution in [0.3, 0.4) is 0 Å². The van der Waals surface area contributed by atoms with E-state index in [1.165, 1.54) is 11.2 Å². The van der Waals surface area contributed by atoms with Crippen LogP contribution < -0.4 is 0 Å². The number of benzene rings is 1. The highest BCUT2D eigenvalue weighted by molar-refractivity contribution is 7.90. The molecule has 0 bridgehead atoms. The topological polar surface area (TPSA) is 70.2 Å². The van der Waals surface area contributed by atoms with Crippen molar-refractivity contribution >= 4 is 38.2 Å². The smallest absolute Gasteiger partial charge is 0.227 e. The minimum atomic E-state index is -3.12. The molecule has 1 heterocycles. The van der Waals surface area contributed by atoms with Crippen LogP contribution in [0.2, 0.25) is 5.02 Å². The number of nitrogens with one attached hydrogen (secondary N) is 1. The number of rotatable bonds is 5. The summed E-state index contributed by atoms with van der Waals surface area (Å²) in [6.45, 7) is 1.73. The van der Waals surface area contributed by atoms with Crippen LogP contribution in [0.4, 0.5) is 0 Å². The number of sulfone groups is 1. The number of hydrogen-bond acceptors (Lipinski definition) is 3. The Labute approximate surface area is 135 Å². The monoisotopic (exact) mass is 342 g/mol. The third-order valence-corrected chi connectivity index (χ3v) is 4.99. The van der Waals surface area contributed by atoms with Gasteiger partial charge < -0.3 is 9.88 Å². The Hall–Kier alpha value is -1.53. The lowest BCUT2D eigenvalue weighted by Crippen LogP contribution is -2.40. The number of nitrogens with zero attached hydrogens (tertiary/aromatic N) is 1. The lowest BCUT2D eigenvalue weighted by atomic mass is 10.1. The first-order valence-corrected chi connectivity index (χ1v) is 9.30. The molecule has 7 heteroatoms. The summed E-state index contributed by atoms with van der Waals surface area (Å²) in [7, 11) is -1.49. The van der Waals surface area contributed by atoms with Crippen LogP contribution >= 0.6 is 11.6 Å². The molecule has 1 aromatic heterocycles. The summed E-state index contributed by atoms with van der Waals surface area (Å²) < 4.78 is 22.7. The van der Waals surface area contributed by atoms with E-state index in [1.54, 1.807) is 32.3 Å². The number of aromatic amines is 1. The fourth-order valence-corrected chi connectivity index (χ4v) is 3.66. The van der Waals surface area contributed by atoms with Gasteiger partial charge in [-0.15, -0.1) is 0 Å². The summed E-state index contributed by atoms with van der Waals surface area (Å²) >= 11 is 5.94. The predicted molar refractivity (Wildman–Crippen MR) is 89.0 cm³/mol. The molecule has 0 aliphatic carbocycles. The summed E-state index contributed by atoms with van der Waals surface area (Å²) in [5, 5.41) is 1.58. The molecule has 5 nitrogen and oxygen atoms in total. The number of carbonyl (C=O) groups is 1. The number of fused-ring (bicyclic) bond motifs is 1. The van der Waals surface area contributed by atoms with E-state index in [0.717, 1.165) is 16.5 Å². The second kappa shape index (κ2) is 6.30. The highest BCUT2D eigenvalue weighted by Gasteiger charge is 2.20. The first kappa shape index (κ1) is 16.8. The van der Waals surface area contributed by atoms with Gasteiger partial charge in [0.05, 0.1) is 12.2 Å². The average Bonchev–Trinajstić information content (AvgIpc) is 2.78. The van der Waals surface area contributed by atoms with E-state index in [-0.39, 0.29) is 24.1 Å². The standard InChI is InChI=1S/C15H19ClN2O3S/c1-10(9-22(3,20)21)18(2)15(19)6-11-8-17-14-7-12(16)4-5-13(11)14/h4-5,7-8,10,17H,6,9H2,1-3H3/t10-/m0/s1. The number of amides is 1. The summed E-state index contributed by atoms with van der Waals surface area (Å²) in [5.41, 5.74) is 1.75. The molecule has 0 saturated carbocycles. The van der Waals surface area contributed by atoms with Crippen molar-refractivity contribution in [3.05, 3.63) is 35.0 Å². The predicted octanol–water partition coefficient (Wildman–Crippen LogP) is 2.26. The third-order valence-electron chi connectivity index (χ3n) is 3.67. The summed E-state index contributed by atoms with van der Waals surface area (Å²) in [5.74, 6) is -0.161. The van der Waals surface area contributed by atoms with Gasteiger partial charge in [-0.3, -0.25) is 4.79 Å². The van der Waals surface area contributed by atoms with E-state index in [1.807, 2.05) is 6.07 Å². The van der Waals surface area contributed by atoms with Crippen LogP contribution in [0.25, 0.3) is 10.9 Å². The maximum absolute atomic E-state index is 12.3. The molecule has 0 unspecified atom stereocenters. The minimum Gasteiger partial charge on any atom is -0.361 e. The zero-order valence-corrected chi connectivity index (χ0v) is 14.3. The highest BCUT2D eigenvalue weighted by Crippen LogP contribution is 2.22. The Bertz CT molecular complexity index is 798. The fraction of sp³-hybridized carbons (Fsp3) is 0.400. The quantitative estimate of drug-likeness (QED) is 0.906. The molecule has 1 amide bonds. The van der Waals surface area contributed by atoms with Gasteiger partial charge in [0.25, 0.3) is 0 Å². The Morgan fingerprint density at radius 2 is 2.09 bits per heavy atom. The van der Waals surface area contributed by atoms with Crippen molar-refractivity contribution in [2.24, 2.45) is 0 Å². The van der Waals surface area contributed by atoms with E-state index >= 15 is 0 Å². The largest absolute Gasteiger partial charge is 0.361 e. The number of H-pyrrole nitrogens is 1. The maximum Gasteiger partial charge on any atom is 0.227 e. The number of halogens is 1. The molecular formula is C15H19ClN2O3S. The molecule has 120 valence electrons. The van der Waals surface area contributed by atoms with Crippen molar-refractivity contribution in [3.63, 3.8) is 0 Å². The van der Waals surface area contributed by atoms with Gasteiger partial charge in [-0.2, -0.15) is 0 Å². The Kier molecular flexibility index (Phi) is 4.82. The molecule has 1 aromatic carbocycles. The molecule has 22 heavy (non-hydrogen) atoms. The average molecular weight is 343 g/mol. The van der Waals surface area contributed by atoms with Crippen molar-refractivity contribution in [1.29, 1.82) is 0 Å². The van der Waals surface area contributed by atoms with Crippen LogP contribution in [0.5, 0.6) is 0 Å². The molecule has 2 rings (SSSR count). The zero-order chi connectivity index (χ0) is 16.5. The number of likely N-dealkylation sites (N-methyl/N-ethyl adjacent to an activating group) is 1. The van der Waals surface area contributed by atoms with E-state index < -0.39 is 9.84 Å². The minimum absolute atomic E-state index is 0.0429. The van der Waals surface area contributed by atoms with Gasteiger partial charge in [-0.05, 0) is 24.6 Å². The molecule has 0 saturated heterocycles. The van der Waals surface area contributed by atoms with Crippen LogP contribution in [-0.2, 0) is 21.1 Å². The van der Waals surface area contributed by atoms with Crippen molar-refractivity contribution in [3.8, 4) is 0 Å². The van der Waals surface area contributed by atoms with E-state index in [9.17, 15) is 13.2 Å². The van der Waals surface area contributed by atoms with Gasteiger partial charge in [0.15, 0.2) is 0 Å². The Balaban J connectivity index is 2.13. The SMILES string of the molecule is C[C@@H](CS(C)(=O)=O)N(C)C(=O)Cc1c[nH]c2cc(Cl)ccc12. The van der Waals surface area contributed by atoms with Crippen molar-refractivity contribution in [2.75, 3.05) is 19.1 Å². The van der Waals surface area contributed by atoms with Crippen molar-refractivity contribution in [1.82, 2.24) is 9.88 Å². The second-order valence-corrected chi connectivity index (χ2v) is 8.25. The summed E-state index contributed by atoms with van der Waals surface area (Å²) in [4.78, 5) is 16.9. The highest BCUT2D eigenvalue weighted by atomic mass is 35.5. The van der Waals surface area contributed by atoms with Gasteiger partial charge in [0, 0.05) is 41.5 Å². The molecule has 0 aliphatic rings. The molecular weight excluding hydrogens is 324 g/mol. The van der Waals surface area contributed by atoms with Gasteiger partial charge in [0.2, 0.25) is 5.91 Å². The first-order valence-electron chi connectivity index (χ1n) is 6.86. The van der Waals surface area contributed by atoms with Gasteiger partial charge in [-0.1, -0.05) is 17.7 Å². The molecule has 1 atom stereocenters. The van der Waals surface area contributed by atoms with E-state index in [4.69, 9.17) is 11.6 Å². The van der Waals surface area contributed by atoms with Crippen LogP contribution in [0.1, 0.15) is 12.5 Å². The summed E-state index contributed by atoms with van der Waals surface area (Å²) in [6, 6.07) is 5.10. The summed E-state index contributed by atoms with van der Waals surface area (Å²) in [6.07, 6.45) is 3.17. The Morgan fingerprint density at radius 1 is 1.41 bits per heavy atom. The van der Waals surface area contributed by atoms with Gasteiger partial charge in [-0.25, -0.2) is 8.42 Å². The zero-order valence-electron chi connectivity index (χ0n) is 12.8. The number of carbonyl (C=O) groups excluding carboxylic acids is 1. The van der Waals surface area contributed by atoms with Gasteiger partial charge >= 0.3 is 0 Å². The van der Waals surface area contributed by atoms with Gasteiger partial charge in [0.1, 0.15) is 9.84 Å². The van der Waals surface area contributed by atoms with E-state index in [2.05, 4.69) is 4.98 Å². The first-order chi connectivity index (χ1) is 10.2. The molecule has 2 aromatic rings. The Morgan fingerprint density at radius 3 is 2.73 bits per heavy atom. The van der Waals surface area contributed by atoms with Crippen LogP contribution in [0, 0.1) is 0 Å². The molecule has 0 radical (unpaired) electrons. The van der Waals surface area contributed by atoms with E-state index in [0.29, 0.717) is 5.02 Å². The molecule has 0 fully saturated rings. The fourth-order valence-electron chi connectivity index (χ4n) is 2.39. The normalized spacial score (nSPS) is 13.3. The molecule has 1 N–H and O–H groups in total. The third kappa shape index (κ3) is 4.01. The second-order valence-electron chi connectivity index (χ2n) is 5.63. The van der Waals surface area contributed by atoms with Crippen LogP contribution in [-0.4, -0.2) is 49.3 Å². The molecule has 0 aliphatic heterocycles. The van der Waals surface area contributed by atoms with Crippen molar-refractivity contribution < 1.29 is 13.2 Å². The lowest BCUT2D eigenvalue weighted by Gasteiger charge is -2.24. The van der Waals surface area contributed by atoms with Crippen LogP contribution in [0.15, 0.2) is 24.4 Å². The lowest BCUT2D eigenvalue weighted by molar-refractivity contribution is -0.130.